The molecule has 0 aromatic heterocycles. The molecule has 0 fully saturated rings. The van der Waals surface area contributed by atoms with Crippen LogP contribution in [0.2, 0.25) is 0 Å². The van der Waals surface area contributed by atoms with E-state index >= 15 is 0 Å². The Morgan fingerprint density at radius 3 is 2.63 bits per heavy atom. The lowest BCUT2D eigenvalue weighted by Crippen LogP contribution is -2.41. The van der Waals surface area contributed by atoms with Gasteiger partial charge in [0.25, 0.3) is 0 Å². The van der Waals surface area contributed by atoms with Gasteiger partial charge in [-0.3, -0.25) is 0 Å². The fraction of sp³-hybridized carbons (Fsp3) is 0.556. The van der Waals surface area contributed by atoms with E-state index in [2.05, 4.69) is 62.5 Å². The lowest BCUT2D eigenvalue weighted by atomic mass is 9.82. The molecule has 1 N–H and O–H groups in total. The molecule has 106 valence electrons. The van der Waals surface area contributed by atoms with Crippen molar-refractivity contribution in [3.63, 3.8) is 0 Å². The molecule has 1 aromatic carbocycles. The van der Waals surface area contributed by atoms with E-state index in [9.17, 15) is 0 Å². The third kappa shape index (κ3) is 4.50. The van der Waals surface area contributed by atoms with E-state index in [-0.39, 0.29) is 1.43 Å². The molecule has 0 spiro atoms. The Kier molecular flexibility index (Phi) is 4.81. The lowest BCUT2D eigenvalue weighted by molar-refractivity contribution is 0.253. The summed E-state index contributed by atoms with van der Waals surface area (Å²) < 4.78 is 0. The Morgan fingerprint density at radius 2 is 1.95 bits per heavy atom. The molecule has 0 unspecified atom stereocenters. The van der Waals surface area contributed by atoms with Crippen molar-refractivity contribution in [1.82, 2.24) is 5.32 Å². The first-order valence-electron chi connectivity index (χ1n) is 7.51. The van der Waals surface area contributed by atoms with Crippen molar-refractivity contribution < 1.29 is 1.43 Å². The summed E-state index contributed by atoms with van der Waals surface area (Å²) in [5.74, 6) is 0. The molecule has 1 aliphatic heterocycles. The van der Waals surface area contributed by atoms with Gasteiger partial charge in [-0.05, 0) is 43.2 Å². The molecule has 1 aliphatic rings. The van der Waals surface area contributed by atoms with Gasteiger partial charge >= 0.3 is 0 Å². The van der Waals surface area contributed by atoms with Crippen molar-refractivity contribution in [1.29, 1.82) is 0 Å². The maximum Gasteiger partial charge on any atom is 0.0119 e. The summed E-state index contributed by atoms with van der Waals surface area (Å²) >= 11 is 0. The zero-order chi connectivity index (χ0) is 13.7. The lowest BCUT2D eigenvalue weighted by Gasteiger charge is -2.33. The Bertz CT molecular complexity index is 417. The maximum absolute atomic E-state index is 3.70. The fourth-order valence-electron chi connectivity index (χ4n) is 2.83. The van der Waals surface area contributed by atoms with Gasteiger partial charge in [0, 0.05) is 7.47 Å². The summed E-state index contributed by atoms with van der Waals surface area (Å²) in [6.07, 6.45) is 7.21. The molecule has 0 amide bonds. The Hall–Kier alpha value is -1.08. The molecule has 0 saturated heterocycles. The molecule has 1 heteroatoms. The van der Waals surface area contributed by atoms with Gasteiger partial charge < -0.3 is 5.32 Å². The molecule has 1 heterocycles. The molecule has 1 atom stereocenters. The van der Waals surface area contributed by atoms with Crippen LogP contribution >= 0.6 is 0 Å². The van der Waals surface area contributed by atoms with Crippen LogP contribution in [0.4, 0.5) is 0 Å². The van der Waals surface area contributed by atoms with Crippen molar-refractivity contribution in [2.45, 2.75) is 52.5 Å². The SMILES string of the molecule is CC(C)(C)[C@H]1CC/C(Cc2ccccc2)=C/CCN1.[HH]. The van der Waals surface area contributed by atoms with Crippen molar-refractivity contribution >= 4 is 0 Å². The summed E-state index contributed by atoms with van der Waals surface area (Å²) in [5, 5.41) is 3.70. The highest BCUT2D eigenvalue weighted by atomic mass is 14.9. The third-order valence-electron chi connectivity index (χ3n) is 4.04. The monoisotopic (exact) mass is 259 g/mol. The largest absolute Gasteiger partial charge is 0.313 e. The van der Waals surface area contributed by atoms with Gasteiger partial charge in [-0.25, -0.2) is 0 Å². The predicted molar refractivity (Wildman–Crippen MR) is 85.4 cm³/mol. The first kappa shape index (κ1) is 14.3. The van der Waals surface area contributed by atoms with Crippen molar-refractivity contribution in [3.05, 3.63) is 47.5 Å². The number of rotatable bonds is 2. The molecule has 0 aliphatic carbocycles. The molecular weight excluding hydrogens is 230 g/mol. The van der Waals surface area contributed by atoms with Crippen LogP contribution in [0.1, 0.15) is 47.0 Å². The predicted octanol–water partition coefficient (Wildman–Crippen LogP) is 4.59. The van der Waals surface area contributed by atoms with Crippen molar-refractivity contribution in [2.24, 2.45) is 5.41 Å². The van der Waals surface area contributed by atoms with E-state index < -0.39 is 0 Å². The zero-order valence-corrected chi connectivity index (χ0v) is 12.6. The van der Waals surface area contributed by atoms with Gasteiger partial charge in [0.05, 0.1) is 0 Å². The van der Waals surface area contributed by atoms with Gasteiger partial charge in [-0.15, -0.1) is 0 Å². The highest BCUT2D eigenvalue weighted by Gasteiger charge is 2.24. The molecular formula is C18H29N. The number of benzene rings is 1. The second-order valence-electron chi connectivity index (χ2n) is 6.72. The van der Waals surface area contributed by atoms with Crippen molar-refractivity contribution in [2.75, 3.05) is 6.54 Å². The summed E-state index contributed by atoms with van der Waals surface area (Å²) in [7, 11) is 0. The van der Waals surface area contributed by atoms with E-state index in [1.165, 1.54) is 18.4 Å². The van der Waals surface area contributed by atoms with Gasteiger partial charge in [-0.2, -0.15) is 0 Å². The standard InChI is InChI=1S/C18H27N.H2/c1-18(2,3)17-12-11-16(10-7-13-19-17)14-15-8-5-4-6-9-15;/h4-6,8-10,17,19H,7,11-14H2,1-3H3;1H/b16-10-;/t17-;/m1./s1. The van der Waals surface area contributed by atoms with Crippen LogP contribution in [0.25, 0.3) is 0 Å². The van der Waals surface area contributed by atoms with Crippen LogP contribution in [0.3, 0.4) is 0 Å². The minimum Gasteiger partial charge on any atom is -0.313 e. The summed E-state index contributed by atoms with van der Waals surface area (Å²) in [5.41, 5.74) is 3.41. The first-order chi connectivity index (χ1) is 9.05. The fourth-order valence-corrected chi connectivity index (χ4v) is 2.83. The second kappa shape index (κ2) is 6.38. The van der Waals surface area contributed by atoms with Gasteiger partial charge in [0.1, 0.15) is 0 Å². The third-order valence-corrected chi connectivity index (χ3v) is 4.04. The van der Waals surface area contributed by atoms with Crippen LogP contribution < -0.4 is 5.32 Å². The number of hydrogen-bond acceptors (Lipinski definition) is 1. The highest BCUT2D eigenvalue weighted by Crippen LogP contribution is 2.26. The summed E-state index contributed by atoms with van der Waals surface area (Å²) in [4.78, 5) is 0. The van der Waals surface area contributed by atoms with Crippen LogP contribution in [0.5, 0.6) is 0 Å². The van der Waals surface area contributed by atoms with E-state index in [1.807, 2.05) is 0 Å². The smallest absolute Gasteiger partial charge is 0.0119 e. The normalized spacial score (nSPS) is 24.2. The molecule has 0 saturated carbocycles. The van der Waals surface area contributed by atoms with Crippen molar-refractivity contribution in [3.8, 4) is 0 Å². The molecule has 1 aromatic rings. The quantitative estimate of drug-likeness (QED) is 0.766. The molecule has 0 radical (unpaired) electrons. The van der Waals surface area contributed by atoms with Crippen LogP contribution in [-0.2, 0) is 6.42 Å². The van der Waals surface area contributed by atoms with Crippen LogP contribution in [-0.4, -0.2) is 12.6 Å². The first-order valence-corrected chi connectivity index (χ1v) is 7.51. The zero-order valence-electron chi connectivity index (χ0n) is 12.6. The van der Waals surface area contributed by atoms with E-state index in [4.69, 9.17) is 0 Å². The minimum atomic E-state index is 0. The number of nitrogens with one attached hydrogen (secondary N) is 1. The molecule has 19 heavy (non-hydrogen) atoms. The number of hydrogen-bond donors (Lipinski definition) is 1. The van der Waals surface area contributed by atoms with Gasteiger partial charge in [0.15, 0.2) is 0 Å². The van der Waals surface area contributed by atoms with Crippen LogP contribution in [0.15, 0.2) is 42.0 Å². The van der Waals surface area contributed by atoms with Gasteiger partial charge in [-0.1, -0.05) is 62.8 Å². The minimum absolute atomic E-state index is 0. The average Bonchev–Trinajstić information content (AvgIpc) is 2.32. The van der Waals surface area contributed by atoms with E-state index in [1.54, 1.807) is 5.57 Å². The second-order valence-corrected chi connectivity index (χ2v) is 6.72. The Labute approximate surface area is 119 Å². The van der Waals surface area contributed by atoms with E-state index in [0.29, 0.717) is 11.5 Å². The molecule has 0 bridgehead atoms. The summed E-state index contributed by atoms with van der Waals surface area (Å²) in [6, 6.07) is 11.5. The van der Waals surface area contributed by atoms with Crippen LogP contribution in [0, 0.1) is 5.41 Å². The van der Waals surface area contributed by atoms with Gasteiger partial charge in [0.2, 0.25) is 0 Å². The topological polar surface area (TPSA) is 12.0 Å². The maximum atomic E-state index is 3.70. The number of allylic oxidation sites excluding steroid dienone is 1. The Balaban J connectivity index is 0.00000200. The summed E-state index contributed by atoms with van der Waals surface area (Å²) in [6.45, 7) is 8.13. The Morgan fingerprint density at radius 1 is 1.21 bits per heavy atom. The average molecular weight is 259 g/mol. The molecule has 1 nitrogen and oxygen atoms in total. The van der Waals surface area contributed by atoms with E-state index in [0.717, 1.165) is 19.4 Å². The highest BCUT2D eigenvalue weighted by molar-refractivity contribution is 5.22. The molecule has 2 rings (SSSR count).